The van der Waals surface area contributed by atoms with Crippen molar-refractivity contribution in [3.05, 3.63) is 65.4 Å². The number of amides is 2. The Bertz CT molecular complexity index is 1440. The summed E-state index contributed by atoms with van der Waals surface area (Å²) >= 11 is 0. The molecule has 2 fully saturated rings. The first-order valence-corrected chi connectivity index (χ1v) is 15.5. The molecule has 44 heavy (non-hydrogen) atoms. The second-order valence-corrected chi connectivity index (χ2v) is 11.9. The summed E-state index contributed by atoms with van der Waals surface area (Å²) < 4.78 is 11.1. The highest BCUT2D eigenvalue weighted by molar-refractivity contribution is 5.95. The Balaban J connectivity index is 1.02. The van der Waals surface area contributed by atoms with Gasteiger partial charge in [-0.25, -0.2) is 9.97 Å². The van der Waals surface area contributed by atoms with Crippen molar-refractivity contribution >= 4 is 23.5 Å². The molecule has 3 aliphatic rings. The molecule has 6 rings (SSSR count). The van der Waals surface area contributed by atoms with Crippen LogP contribution in [0.25, 0.3) is 0 Å². The van der Waals surface area contributed by atoms with Gasteiger partial charge < -0.3 is 34.7 Å². The quantitative estimate of drug-likeness (QED) is 0.300. The van der Waals surface area contributed by atoms with Gasteiger partial charge in [-0.1, -0.05) is 6.07 Å². The number of hydrogen-bond donors (Lipinski definition) is 3. The Morgan fingerprint density at radius 2 is 1.95 bits per heavy atom. The van der Waals surface area contributed by atoms with Crippen LogP contribution in [0, 0.1) is 0 Å². The minimum atomic E-state index is -0.710. The fourth-order valence-corrected chi connectivity index (χ4v) is 5.87. The minimum absolute atomic E-state index is 0.0734. The molecule has 0 radical (unpaired) electrons. The predicted octanol–water partition coefficient (Wildman–Crippen LogP) is 2.43. The van der Waals surface area contributed by atoms with Gasteiger partial charge in [0.2, 0.25) is 5.91 Å². The minimum Gasteiger partial charge on any atom is -0.486 e. The van der Waals surface area contributed by atoms with E-state index in [9.17, 15) is 14.7 Å². The van der Waals surface area contributed by atoms with Crippen LogP contribution in [-0.4, -0.2) is 94.6 Å². The van der Waals surface area contributed by atoms with Crippen molar-refractivity contribution in [2.45, 2.75) is 57.9 Å². The first kappa shape index (κ1) is 29.9. The van der Waals surface area contributed by atoms with Crippen molar-refractivity contribution in [3.8, 4) is 5.75 Å². The van der Waals surface area contributed by atoms with E-state index in [4.69, 9.17) is 14.1 Å². The Kier molecular flexibility index (Phi) is 9.27. The summed E-state index contributed by atoms with van der Waals surface area (Å²) in [5, 5.41) is 17.2. The Hall–Kier alpha value is -4.16. The molecule has 3 N–H and O–H groups in total. The fraction of sp³-hybridized carbons (Fsp3) is 0.500. The lowest BCUT2D eigenvalue weighted by Crippen LogP contribution is -2.48. The number of aliphatic hydroxyl groups excluding tert-OH is 1. The Labute approximate surface area is 257 Å². The molecule has 2 aromatic heterocycles. The van der Waals surface area contributed by atoms with Crippen LogP contribution < -0.4 is 20.3 Å². The maximum atomic E-state index is 13.3. The zero-order valence-electron chi connectivity index (χ0n) is 25.2. The number of aliphatic hydroxyl groups is 1. The second-order valence-electron chi connectivity index (χ2n) is 11.9. The molecule has 12 nitrogen and oxygen atoms in total. The number of fused-ring (bicyclic) bond motifs is 1. The molecule has 12 heteroatoms. The van der Waals surface area contributed by atoms with Gasteiger partial charge in [-0.2, -0.15) is 0 Å². The van der Waals surface area contributed by atoms with Crippen LogP contribution in [0.2, 0.25) is 0 Å². The molecule has 0 unspecified atom stereocenters. The summed E-state index contributed by atoms with van der Waals surface area (Å²) in [5.74, 6) is 2.71. The molecular formula is C32H41N7O5. The molecule has 1 saturated carbocycles. The lowest BCUT2D eigenvalue weighted by atomic mass is 9.93. The van der Waals surface area contributed by atoms with E-state index in [0.717, 1.165) is 43.9 Å². The lowest BCUT2D eigenvalue weighted by molar-refractivity contribution is -0.129. The van der Waals surface area contributed by atoms with Gasteiger partial charge in [-0.3, -0.25) is 14.5 Å². The Morgan fingerprint density at radius 1 is 1.11 bits per heavy atom. The van der Waals surface area contributed by atoms with Gasteiger partial charge in [-0.15, -0.1) is 0 Å². The number of rotatable bonds is 11. The first-order valence-electron chi connectivity index (χ1n) is 15.5. The van der Waals surface area contributed by atoms with Gasteiger partial charge in [0.15, 0.2) is 12.2 Å². The SMILES string of the molecule is CC(=O)N1CCN(c2cc(C(=O)NC[C@H](O)CN3CCc4cc(OCc5cnco5)ccc4C3)cc(NC3CCC3)n2)CC1. The largest absolute Gasteiger partial charge is 0.486 e. The number of nitrogens with zero attached hydrogens (tertiary/aromatic N) is 5. The van der Waals surface area contributed by atoms with Crippen molar-refractivity contribution in [1.82, 2.24) is 25.1 Å². The zero-order valence-corrected chi connectivity index (χ0v) is 25.2. The number of hydrogen-bond acceptors (Lipinski definition) is 10. The van der Waals surface area contributed by atoms with Crippen LogP contribution in [-0.2, 0) is 24.4 Å². The highest BCUT2D eigenvalue weighted by atomic mass is 16.5. The van der Waals surface area contributed by atoms with Gasteiger partial charge >= 0.3 is 0 Å². The van der Waals surface area contributed by atoms with Crippen LogP contribution in [0.4, 0.5) is 11.6 Å². The average Bonchev–Trinajstić information content (AvgIpc) is 3.54. The van der Waals surface area contributed by atoms with E-state index >= 15 is 0 Å². The van der Waals surface area contributed by atoms with E-state index in [0.29, 0.717) is 62.5 Å². The standard InChI is InChI=1S/C32H41N7O5/c1-22(40)38-9-11-39(12-10-38)31-15-25(14-30(36-31)35-26-3-2-4-26)32(42)34-16-27(41)19-37-8-7-23-13-28(6-5-24(23)18-37)43-20-29-17-33-21-44-29/h5-6,13-15,17,21,26-27,41H,2-4,7-12,16,18-20H2,1H3,(H,34,42)(H,35,36)/t27-/m0/s1. The number of carbonyl (C=O) groups excluding carboxylic acids is 2. The predicted molar refractivity (Wildman–Crippen MR) is 165 cm³/mol. The number of piperazine rings is 1. The third-order valence-corrected chi connectivity index (χ3v) is 8.68. The summed E-state index contributed by atoms with van der Waals surface area (Å²) in [4.78, 5) is 39.9. The second kappa shape index (κ2) is 13.6. The van der Waals surface area contributed by atoms with E-state index in [1.165, 1.54) is 23.9 Å². The molecule has 0 bridgehead atoms. The highest BCUT2D eigenvalue weighted by Gasteiger charge is 2.24. The van der Waals surface area contributed by atoms with Crippen LogP contribution in [0.1, 0.15) is 53.4 Å². The first-order chi connectivity index (χ1) is 21.4. The molecule has 234 valence electrons. The third-order valence-electron chi connectivity index (χ3n) is 8.68. The number of ether oxygens (including phenoxy) is 1. The van der Waals surface area contributed by atoms with Gasteiger partial charge in [0, 0.05) is 70.9 Å². The Morgan fingerprint density at radius 3 is 2.68 bits per heavy atom. The molecule has 1 saturated heterocycles. The number of pyridine rings is 1. The molecule has 1 aliphatic carbocycles. The third kappa shape index (κ3) is 7.48. The van der Waals surface area contributed by atoms with E-state index in [2.05, 4.69) is 37.6 Å². The number of nitrogens with one attached hydrogen (secondary N) is 2. The van der Waals surface area contributed by atoms with Gasteiger partial charge in [0.05, 0.1) is 12.3 Å². The molecule has 1 aromatic carbocycles. The summed E-state index contributed by atoms with van der Waals surface area (Å²) in [7, 11) is 0. The molecule has 1 atom stereocenters. The highest BCUT2D eigenvalue weighted by Crippen LogP contribution is 2.27. The number of aromatic nitrogens is 2. The molecule has 2 aliphatic heterocycles. The van der Waals surface area contributed by atoms with E-state index in [1.54, 1.807) is 19.2 Å². The van der Waals surface area contributed by atoms with Gasteiger partial charge in [0.1, 0.15) is 24.0 Å². The molecule has 0 spiro atoms. The number of benzene rings is 1. The van der Waals surface area contributed by atoms with E-state index in [1.807, 2.05) is 17.0 Å². The van der Waals surface area contributed by atoms with Crippen molar-refractivity contribution in [1.29, 1.82) is 0 Å². The van der Waals surface area contributed by atoms with Crippen molar-refractivity contribution in [2.24, 2.45) is 0 Å². The number of oxazole rings is 1. The monoisotopic (exact) mass is 603 g/mol. The van der Waals surface area contributed by atoms with Crippen LogP contribution in [0.15, 0.2) is 47.3 Å². The van der Waals surface area contributed by atoms with E-state index in [-0.39, 0.29) is 18.4 Å². The van der Waals surface area contributed by atoms with Crippen molar-refractivity contribution in [2.75, 3.05) is 56.0 Å². The fourth-order valence-electron chi connectivity index (χ4n) is 5.87. The van der Waals surface area contributed by atoms with Crippen LogP contribution in [0.3, 0.4) is 0 Å². The summed E-state index contributed by atoms with van der Waals surface area (Å²) in [5.41, 5.74) is 2.95. The van der Waals surface area contributed by atoms with Gasteiger partial charge in [-0.05, 0) is 61.1 Å². The molecular weight excluding hydrogens is 562 g/mol. The molecule has 2 amide bonds. The zero-order chi connectivity index (χ0) is 30.5. The van der Waals surface area contributed by atoms with Crippen molar-refractivity contribution in [3.63, 3.8) is 0 Å². The van der Waals surface area contributed by atoms with Gasteiger partial charge in [0.25, 0.3) is 5.91 Å². The topological polar surface area (TPSA) is 136 Å². The summed E-state index contributed by atoms with van der Waals surface area (Å²) in [6.45, 7) is 6.65. The summed E-state index contributed by atoms with van der Waals surface area (Å²) in [6.07, 6.45) is 6.56. The number of carbonyl (C=O) groups is 2. The number of anilines is 2. The molecule has 3 aromatic rings. The van der Waals surface area contributed by atoms with Crippen LogP contribution >= 0.6 is 0 Å². The maximum Gasteiger partial charge on any atom is 0.251 e. The number of β-amino-alcohol motifs (C(OH)–C–C–N with tert-alkyl or cyclic N) is 1. The normalized spacial score (nSPS) is 17.9. The maximum absolute atomic E-state index is 13.3. The summed E-state index contributed by atoms with van der Waals surface area (Å²) in [6, 6.07) is 10.1. The smallest absolute Gasteiger partial charge is 0.251 e. The lowest BCUT2D eigenvalue weighted by Gasteiger charge is -2.35. The van der Waals surface area contributed by atoms with E-state index < -0.39 is 6.10 Å². The molecule has 4 heterocycles. The average molecular weight is 604 g/mol. The van der Waals surface area contributed by atoms with Crippen LogP contribution in [0.5, 0.6) is 5.75 Å². The van der Waals surface area contributed by atoms with Crippen molar-refractivity contribution < 1.29 is 23.8 Å².